The summed E-state index contributed by atoms with van der Waals surface area (Å²) in [5.41, 5.74) is 2.50. The Hall–Kier alpha value is -2.61. The van der Waals surface area contributed by atoms with Crippen molar-refractivity contribution in [2.45, 2.75) is 0 Å². The molecule has 4 nitrogen and oxygen atoms in total. The zero-order valence-electron chi connectivity index (χ0n) is 13.2. The number of nitrogens with zero attached hydrogens (tertiary/aromatic N) is 2. The van der Waals surface area contributed by atoms with Crippen LogP contribution < -0.4 is 0 Å². The normalized spacial score (nSPS) is 11.4. The lowest BCUT2D eigenvalue weighted by Crippen LogP contribution is -1.97. The Bertz CT molecular complexity index is 1280. The number of hydrogen-bond acceptors (Lipinski definition) is 6. The first-order valence-electron chi connectivity index (χ1n) is 7.75. The van der Waals surface area contributed by atoms with Crippen molar-refractivity contribution in [2.24, 2.45) is 0 Å². The number of aromatic nitrogens is 2. The van der Waals surface area contributed by atoms with Crippen molar-refractivity contribution in [1.82, 2.24) is 9.97 Å². The molecule has 5 aromatic rings. The maximum Gasteiger partial charge on any atom is 0.335 e. The summed E-state index contributed by atoms with van der Waals surface area (Å²) in [7, 11) is 0. The molecule has 5 aromatic heterocycles. The second kappa shape index (κ2) is 5.98. The third-order valence-electron chi connectivity index (χ3n) is 4.07. The van der Waals surface area contributed by atoms with Gasteiger partial charge in [0, 0.05) is 26.7 Å². The summed E-state index contributed by atoms with van der Waals surface area (Å²) in [6.45, 7) is 0. The molecule has 0 unspecified atom stereocenters. The standard InChI is InChI=1S/C19H10N2O2S3/c22-19(23)11-2-5-21-13(8-11)12-7-10(1-4-20-12)15-9-16-18(26-15)17-14(25-16)3-6-24-17/h1-9H,(H,22,23). The van der Waals surface area contributed by atoms with Gasteiger partial charge in [0.2, 0.25) is 0 Å². The third-order valence-corrected chi connectivity index (χ3v) is 7.69. The highest BCUT2D eigenvalue weighted by Gasteiger charge is 2.13. The van der Waals surface area contributed by atoms with E-state index in [-0.39, 0.29) is 5.56 Å². The minimum Gasteiger partial charge on any atom is -0.478 e. The first-order chi connectivity index (χ1) is 12.7. The van der Waals surface area contributed by atoms with Crippen molar-refractivity contribution < 1.29 is 9.90 Å². The molecule has 7 heteroatoms. The van der Waals surface area contributed by atoms with E-state index in [1.807, 2.05) is 23.5 Å². The zero-order chi connectivity index (χ0) is 17.7. The summed E-state index contributed by atoms with van der Waals surface area (Å²) in [6.07, 6.45) is 3.25. The number of hydrogen-bond donors (Lipinski definition) is 1. The average Bonchev–Trinajstić information content (AvgIpc) is 3.34. The fraction of sp³-hybridized carbons (Fsp3) is 0. The number of thiophene rings is 3. The Balaban J connectivity index is 1.60. The molecule has 0 aliphatic rings. The van der Waals surface area contributed by atoms with E-state index in [4.69, 9.17) is 0 Å². The molecule has 0 fully saturated rings. The van der Waals surface area contributed by atoms with Gasteiger partial charge < -0.3 is 5.11 Å². The molecule has 26 heavy (non-hydrogen) atoms. The summed E-state index contributed by atoms with van der Waals surface area (Å²) in [4.78, 5) is 21.0. The Morgan fingerprint density at radius 3 is 2.54 bits per heavy atom. The van der Waals surface area contributed by atoms with Crippen molar-refractivity contribution in [3.05, 3.63) is 59.7 Å². The molecular weight excluding hydrogens is 384 g/mol. The summed E-state index contributed by atoms with van der Waals surface area (Å²) in [5, 5.41) is 11.3. The SMILES string of the molecule is O=C(O)c1ccnc(-c2cc(-c3cc4sc5ccsc5c4s3)ccn2)c1. The molecule has 0 amide bonds. The van der Waals surface area contributed by atoms with E-state index in [1.54, 1.807) is 34.9 Å². The monoisotopic (exact) mass is 394 g/mol. The van der Waals surface area contributed by atoms with Crippen molar-refractivity contribution >= 4 is 58.8 Å². The smallest absolute Gasteiger partial charge is 0.335 e. The lowest BCUT2D eigenvalue weighted by atomic mass is 10.1. The summed E-state index contributed by atoms with van der Waals surface area (Å²) in [5.74, 6) is -0.969. The van der Waals surface area contributed by atoms with E-state index >= 15 is 0 Å². The number of rotatable bonds is 3. The van der Waals surface area contributed by atoms with Gasteiger partial charge in [-0.05, 0) is 47.3 Å². The highest BCUT2D eigenvalue weighted by Crippen LogP contribution is 2.45. The van der Waals surface area contributed by atoms with Crippen molar-refractivity contribution in [3.63, 3.8) is 0 Å². The van der Waals surface area contributed by atoms with Crippen molar-refractivity contribution in [3.8, 4) is 21.8 Å². The van der Waals surface area contributed by atoms with Crippen molar-refractivity contribution in [1.29, 1.82) is 0 Å². The highest BCUT2D eigenvalue weighted by molar-refractivity contribution is 7.38. The van der Waals surface area contributed by atoms with Gasteiger partial charge in [-0.2, -0.15) is 0 Å². The molecule has 0 aliphatic heterocycles. The van der Waals surface area contributed by atoms with Crippen LogP contribution in [-0.2, 0) is 0 Å². The van der Waals surface area contributed by atoms with Crippen LogP contribution in [0.25, 0.3) is 40.6 Å². The van der Waals surface area contributed by atoms with E-state index in [1.165, 1.54) is 35.9 Å². The number of pyridine rings is 2. The Morgan fingerprint density at radius 2 is 1.69 bits per heavy atom. The molecule has 0 atom stereocenters. The maximum atomic E-state index is 11.2. The molecule has 0 bridgehead atoms. The quantitative estimate of drug-likeness (QED) is 0.408. The van der Waals surface area contributed by atoms with Gasteiger partial charge in [0.25, 0.3) is 0 Å². The minimum atomic E-state index is -0.969. The molecule has 0 aromatic carbocycles. The number of carboxylic acids is 1. The van der Waals surface area contributed by atoms with E-state index in [9.17, 15) is 9.90 Å². The molecule has 0 aliphatic carbocycles. The van der Waals surface area contributed by atoms with E-state index in [2.05, 4.69) is 27.5 Å². The number of aromatic carboxylic acids is 1. The molecule has 0 radical (unpaired) electrons. The predicted molar refractivity (Wildman–Crippen MR) is 109 cm³/mol. The van der Waals surface area contributed by atoms with Crippen LogP contribution in [0.1, 0.15) is 10.4 Å². The number of carboxylic acid groups (broad SMARTS) is 1. The van der Waals surface area contributed by atoms with Gasteiger partial charge in [-0.15, -0.1) is 34.0 Å². The summed E-state index contributed by atoms with van der Waals surface area (Å²) < 4.78 is 5.33. The Labute approximate surface area is 160 Å². The Morgan fingerprint density at radius 1 is 0.885 bits per heavy atom. The van der Waals surface area contributed by atoms with Gasteiger partial charge in [0.1, 0.15) is 0 Å². The average molecular weight is 395 g/mol. The molecule has 0 saturated carbocycles. The first kappa shape index (κ1) is 15.6. The molecule has 5 rings (SSSR count). The first-order valence-corrected chi connectivity index (χ1v) is 10.3. The third kappa shape index (κ3) is 2.52. The van der Waals surface area contributed by atoms with Crippen LogP contribution in [0.4, 0.5) is 0 Å². The highest BCUT2D eigenvalue weighted by atomic mass is 32.1. The van der Waals surface area contributed by atoms with Crippen molar-refractivity contribution in [2.75, 3.05) is 0 Å². The number of fused-ring (bicyclic) bond motifs is 3. The fourth-order valence-corrected chi connectivity index (χ4v) is 6.60. The topological polar surface area (TPSA) is 63.1 Å². The lowest BCUT2D eigenvalue weighted by Gasteiger charge is -2.03. The van der Waals surface area contributed by atoms with Crippen LogP contribution in [0.2, 0.25) is 0 Å². The van der Waals surface area contributed by atoms with Crippen LogP contribution in [0.3, 0.4) is 0 Å². The predicted octanol–water partition coefficient (Wildman–Crippen LogP) is 6.00. The summed E-state index contributed by atoms with van der Waals surface area (Å²) >= 11 is 5.38. The van der Waals surface area contributed by atoms with Gasteiger partial charge in [-0.3, -0.25) is 9.97 Å². The van der Waals surface area contributed by atoms with Crippen LogP contribution in [-0.4, -0.2) is 21.0 Å². The van der Waals surface area contributed by atoms with Gasteiger partial charge >= 0.3 is 5.97 Å². The van der Waals surface area contributed by atoms with Crippen LogP contribution in [0, 0.1) is 0 Å². The number of carbonyl (C=O) groups is 1. The second-order valence-corrected chi connectivity index (χ2v) is 8.74. The van der Waals surface area contributed by atoms with Crippen LogP contribution >= 0.6 is 34.0 Å². The molecular formula is C19H10N2O2S3. The molecule has 126 valence electrons. The van der Waals surface area contributed by atoms with Gasteiger partial charge in [-0.1, -0.05) is 0 Å². The molecule has 0 spiro atoms. The van der Waals surface area contributed by atoms with Crippen LogP contribution in [0.15, 0.2) is 54.2 Å². The molecule has 5 heterocycles. The van der Waals surface area contributed by atoms with E-state index in [0.717, 1.165) is 5.56 Å². The minimum absolute atomic E-state index is 0.207. The van der Waals surface area contributed by atoms with Gasteiger partial charge in [0.05, 0.1) is 26.4 Å². The fourth-order valence-electron chi connectivity index (χ4n) is 2.84. The second-order valence-electron chi connectivity index (χ2n) is 5.68. The van der Waals surface area contributed by atoms with Gasteiger partial charge in [-0.25, -0.2) is 4.79 Å². The largest absolute Gasteiger partial charge is 0.478 e. The summed E-state index contributed by atoms with van der Waals surface area (Å²) in [6, 6.07) is 11.4. The lowest BCUT2D eigenvalue weighted by molar-refractivity contribution is 0.0697. The van der Waals surface area contributed by atoms with E-state index in [0.29, 0.717) is 11.4 Å². The molecule has 0 saturated heterocycles. The Kier molecular flexibility index (Phi) is 3.59. The zero-order valence-corrected chi connectivity index (χ0v) is 15.6. The maximum absolute atomic E-state index is 11.2. The van der Waals surface area contributed by atoms with Gasteiger partial charge in [0.15, 0.2) is 0 Å². The van der Waals surface area contributed by atoms with Crippen LogP contribution in [0.5, 0.6) is 0 Å². The molecule has 1 N–H and O–H groups in total. The van der Waals surface area contributed by atoms with E-state index < -0.39 is 5.97 Å².